The van der Waals surface area contributed by atoms with Gasteiger partial charge in [-0.15, -0.1) is 0 Å². The topological polar surface area (TPSA) is 29.1 Å². The summed E-state index contributed by atoms with van der Waals surface area (Å²) < 4.78 is 14.5. The second-order valence-corrected chi connectivity index (χ2v) is 6.13. The number of piperidine rings is 1. The highest BCUT2D eigenvalue weighted by molar-refractivity contribution is 9.10. The minimum Gasteiger partial charge on any atom is -0.316 e. The maximum absolute atomic E-state index is 14.0. The number of rotatable bonds is 2. The van der Waals surface area contributed by atoms with Crippen molar-refractivity contribution in [1.29, 1.82) is 0 Å². The lowest BCUT2D eigenvalue weighted by Gasteiger charge is -2.32. The van der Waals surface area contributed by atoms with E-state index in [2.05, 4.69) is 21.2 Å². The molecule has 1 saturated heterocycles. The number of halogens is 3. The van der Waals surface area contributed by atoms with E-state index in [0.717, 1.165) is 19.4 Å². The first-order chi connectivity index (χ1) is 8.46. The molecule has 1 fully saturated rings. The Balaban J connectivity index is 2.37. The summed E-state index contributed by atoms with van der Waals surface area (Å²) >= 11 is 8.96. The molecule has 0 amide bonds. The summed E-state index contributed by atoms with van der Waals surface area (Å²) in [6.07, 6.45) is 1.69. The third kappa shape index (κ3) is 2.46. The highest BCUT2D eigenvalue weighted by atomic mass is 79.9. The summed E-state index contributed by atoms with van der Waals surface area (Å²) in [5.74, 6) is -0.815. The SMILES string of the molecule is CC1(C(=O)c2ccc(Br)c(Cl)c2F)CCCNC1. The minimum atomic E-state index is -0.636. The molecule has 2 nitrogen and oxygen atoms in total. The van der Waals surface area contributed by atoms with Crippen LogP contribution in [0, 0.1) is 11.2 Å². The Kier molecular flexibility index (Phi) is 4.09. The molecule has 1 aliphatic rings. The van der Waals surface area contributed by atoms with Gasteiger partial charge in [0, 0.05) is 16.4 Å². The van der Waals surface area contributed by atoms with Crippen LogP contribution in [0.4, 0.5) is 4.39 Å². The molecular weight excluding hydrogens is 321 g/mol. The van der Waals surface area contributed by atoms with Crippen LogP contribution in [0.1, 0.15) is 30.1 Å². The molecule has 1 aromatic rings. The first-order valence-electron chi connectivity index (χ1n) is 5.85. The number of Topliss-reactive ketones (excluding diaryl/α,β-unsaturated/α-hetero) is 1. The molecule has 0 radical (unpaired) electrons. The number of carbonyl (C=O) groups is 1. The van der Waals surface area contributed by atoms with Crippen molar-refractivity contribution in [2.45, 2.75) is 19.8 Å². The van der Waals surface area contributed by atoms with Gasteiger partial charge in [0.25, 0.3) is 0 Å². The third-order valence-electron chi connectivity index (χ3n) is 3.43. The second kappa shape index (κ2) is 5.27. The molecule has 1 N–H and O–H groups in total. The van der Waals surface area contributed by atoms with Gasteiger partial charge in [0.1, 0.15) is 0 Å². The van der Waals surface area contributed by atoms with Crippen LogP contribution < -0.4 is 5.32 Å². The molecule has 2 rings (SSSR count). The van der Waals surface area contributed by atoms with Crippen LogP contribution in [0.25, 0.3) is 0 Å². The Morgan fingerprint density at radius 3 is 2.89 bits per heavy atom. The maximum atomic E-state index is 14.0. The fraction of sp³-hybridized carbons (Fsp3) is 0.462. The monoisotopic (exact) mass is 333 g/mol. The van der Waals surface area contributed by atoms with Crippen LogP contribution in [0.15, 0.2) is 16.6 Å². The number of hydrogen-bond acceptors (Lipinski definition) is 2. The normalized spacial score (nSPS) is 24.0. The van der Waals surface area contributed by atoms with E-state index in [1.165, 1.54) is 6.07 Å². The highest BCUT2D eigenvalue weighted by Crippen LogP contribution is 2.34. The molecule has 1 atom stereocenters. The van der Waals surface area contributed by atoms with E-state index in [9.17, 15) is 9.18 Å². The van der Waals surface area contributed by atoms with Crippen LogP contribution in [-0.4, -0.2) is 18.9 Å². The van der Waals surface area contributed by atoms with Crippen LogP contribution in [0.5, 0.6) is 0 Å². The molecule has 0 aromatic heterocycles. The first kappa shape index (κ1) is 14.0. The van der Waals surface area contributed by atoms with Crippen LogP contribution in [0.2, 0.25) is 5.02 Å². The summed E-state index contributed by atoms with van der Waals surface area (Å²) in [5.41, 5.74) is -0.467. The van der Waals surface area contributed by atoms with E-state index >= 15 is 0 Å². The van der Waals surface area contributed by atoms with Gasteiger partial charge in [-0.25, -0.2) is 4.39 Å². The Bertz CT molecular complexity index is 486. The first-order valence-corrected chi connectivity index (χ1v) is 7.02. The molecule has 1 aromatic carbocycles. The lowest BCUT2D eigenvalue weighted by Crippen LogP contribution is -2.43. The molecule has 98 valence electrons. The Morgan fingerprint density at radius 1 is 1.56 bits per heavy atom. The predicted molar refractivity (Wildman–Crippen MR) is 73.7 cm³/mol. The van der Waals surface area contributed by atoms with Crippen LogP contribution >= 0.6 is 27.5 Å². The average molecular weight is 335 g/mol. The van der Waals surface area contributed by atoms with Crippen molar-refractivity contribution in [2.75, 3.05) is 13.1 Å². The van der Waals surface area contributed by atoms with E-state index in [1.54, 1.807) is 6.07 Å². The molecule has 0 saturated carbocycles. The summed E-state index contributed by atoms with van der Waals surface area (Å²) in [6, 6.07) is 3.10. The van der Waals surface area contributed by atoms with Gasteiger partial charge in [0.05, 0.1) is 10.6 Å². The van der Waals surface area contributed by atoms with E-state index in [0.29, 0.717) is 11.0 Å². The molecular formula is C13H14BrClFNO. The zero-order chi connectivity index (χ0) is 13.3. The van der Waals surface area contributed by atoms with E-state index in [1.807, 2.05) is 6.92 Å². The molecule has 18 heavy (non-hydrogen) atoms. The standard InChI is InChI=1S/C13H14BrClFNO/c1-13(5-2-6-17-7-13)12(18)8-3-4-9(14)10(15)11(8)16/h3-4,17H,2,5-7H2,1H3. The lowest BCUT2D eigenvalue weighted by molar-refractivity contribution is 0.0768. The van der Waals surface area contributed by atoms with Gasteiger partial charge in [-0.05, 0) is 47.4 Å². The van der Waals surface area contributed by atoms with Crippen molar-refractivity contribution < 1.29 is 9.18 Å². The molecule has 5 heteroatoms. The largest absolute Gasteiger partial charge is 0.316 e. The number of hydrogen-bond donors (Lipinski definition) is 1. The van der Waals surface area contributed by atoms with Gasteiger partial charge >= 0.3 is 0 Å². The molecule has 0 spiro atoms. The molecule has 0 aliphatic carbocycles. The fourth-order valence-electron chi connectivity index (χ4n) is 2.28. The number of carbonyl (C=O) groups excluding carboxylic acids is 1. The van der Waals surface area contributed by atoms with Gasteiger partial charge < -0.3 is 5.32 Å². The van der Waals surface area contributed by atoms with E-state index in [4.69, 9.17) is 11.6 Å². The summed E-state index contributed by atoms with van der Waals surface area (Å²) in [6.45, 7) is 3.36. The van der Waals surface area contributed by atoms with Crippen molar-refractivity contribution in [1.82, 2.24) is 5.32 Å². The van der Waals surface area contributed by atoms with Gasteiger partial charge in [0.2, 0.25) is 0 Å². The summed E-state index contributed by atoms with van der Waals surface area (Å²) in [4.78, 5) is 12.5. The Hall–Kier alpha value is -0.450. The smallest absolute Gasteiger partial charge is 0.172 e. The van der Waals surface area contributed by atoms with E-state index in [-0.39, 0.29) is 16.4 Å². The van der Waals surface area contributed by atoms with Crippen molar-refractivity contribution in [3.05, 3.63) is 33.0 Å². The van der Waals surface area contributed by atoms with Crippen molar-refractivity contribution >= 4 is 33.3 Å². The summed E-state index contributed by atoms with van der Waals surface area (Å²) in [7, 11) is 0. The number of ketones is 1. The molecule has 1 heterocycles. The van der Waals surface area contributed by atoms with Crippen molar-refractivity contribution in [3.8, 4) is 0 Å². The van der Waals surface area contributed by atoms with E-state index < -0.39 is 11.2 Å². The fourth-order valence-corrected chi connectivity index (χ4v) is 2.75. The quantitative estimate of drug-likeness (QED) is 0.658. The van der Waals surface area contributed by atoms with Gasteiger partial charge in [-0.2, -0.15) is 0 Å². The average Bonchev–Trinajstić information content (AvgIpc) is 2.36. The van der Waals surface area contributed by atoms with Crippen molar-refractivity contribution in [3.63, 3.8) is 0 Å². The molecule has 1 aliphatic heterocycles. The maximum Gasteiger partial charge on any atom is 0.172 e. The molecule has 1 unspecified atom stereocenters. The Morgan fingerprint density at radius 2 is 2.28 bits per heavy atom. The number of nitrogens with one attached hydrogen (secondary N) is 1. The highest BCUT2D eigenvalue weighted by Gasteiger charge is 2.36. The van der Waals surface area contributed by atoms with Gasteiger partial charge in [-0.1, -0.05) is 18.5 Å². The summed E-state index contributed by atoms with van der Waals surface area (Å²) in [5, 5.41) is 3.15. The minimum absolute atomic E-state index is 0.0341. The lowest BCUT2D eigenvalue weighted by atomic mass is 9.76. The number of benzene rings is 1. The van der Waals surface area contributed by atoms with Gasteiger partial charge in [0.15, 0.2) is 11.6 Å². The molecule has 0 bridgehead atoms. The zero-order valence-electron chi connectivity index (χ0n) is 10.0. The van der Waals surface area contributed by atoms with Crippen LogP contribution in [-0.2, 0) is 0 Å². The zero-order valence-corrected chi connectivity index (χ0v) is 12.4. The Labute approximate surface area is 119 Å². The van der Waals surface area contributed by atoms with Crippen LogP contribution in [0.3, 0.4) is 0 Å². The van der Waals surface area contributed by atoms with Gasteiger partial charge in [-0.3, -0.25) is 4.79 Å². The predicted octanol–water partition coefficient (Wildman–Crippen LogP) is 3.81. The van der Waals surface area contributed by atoms with Crippen molar-refractivity contribution in [2.24, 2.45) is 5.41 Å². The second-order valence-electron chi connectivity index (χ2n) is 4.89. The third-order valence-corrected chi connectivity index (χ3v) is 4.68.